The van der Waals surface area contributed by atoms with Gasteiger partial charge in [-0.3, -0.25) is 4.79 Å². The zero-order valence-corrected chi connectivity index (χ0v) is 10.8. The highest BCUT2D eigenvalue weighted by atomic mass is 79.9. The summed E-state index contributed by atoms with van der Waals surface area (Å²) in [7, 11) is 0. The van der Waals surface area contributed by atoms with Gasteiger partial charge in [0.1, 0.15) is 0 Å². The van der Waals surface area contributed by atoms with E-state index in [1.54, 1.807) is 0 Å². The van der Waals surface area contributed by atoms with E-state index in [1.807, 2.05) is 0 Å². The van der Waals surface area contributed by atoms with E-state index in [1.165, 1.54) is 25.7 Å². The average Bonchev–Trinajstić information content (AvgIpc) is 2.24. The van der Waals surface area contributed by atoms with Crippen LogP contribution >= 0.6 is 15.9 Å². The minimum Gasteiger partial charge on any atom is -0.350 e. The molecule has 2 aliphatic rings. The van der Waals surface area contributed by atoms with Gasteiger partial charge in [0.25, 0.3) is 0 Å². The summed E-state index contributed by atoms with van der Waals surface area (Å²) in [5.41, 5.74) is 0.106. The van der Waals surface area contributed by atoms with E-state index in [2.05, 4.69) is 21.2 Å². The van der Waals surface area contributed by atoms with Crippen molar-refractivity contribution >= 4 is 21.8 Å². The first kappa shape index (κ1) is 11.4. The molecular weight excluding hydrogens is 254 g/mol. The standard InChI is InChI=1S/C12H20BrNO/c13-9-12(7-4-8-12)14-11(15)10-5-2-1-3-6-10/h10H,1-9H2,(H,14,15). The Morgan fingerprint density at radius 2 is 1.87 bits per heavy atom. The third kappa shape index (κ3) is 2.55. The molecule has 0 saturated heterocycles. The average molecular weight is 274 g/mol. The van der Waals surface area contributed by atoms with Gasteiger partial charge in [-0.25, -0.2) is 0 Å². The van der Waals surface area contributed by atoms with Crippen LogP contribution in [0.15, 0.2) is 0 Å². The Kier molecular flexibility index (Phi) is 3.70. The lowest BCUT2D eigenvalue weighted by Crippen LogP contribution is -2.56. The van der Waals surface area contributed by atoms with Gasteiger partial charge in [-0.1, -0.05) is 35.2 Å². The van der Waals surface area contributed by atoms with Crippen molar-refractivity contribution in [2.45, 2.75) is 56.9 Å². The maximum atomic E-state index is 12.0. The fraction of sp³-hybridized carbons (Fsp3) is 0.917. The molecule has 15 heavy (non-hydrogen) atoms. The molecule has 2 aliphatic carbocycles. The van der Waals surface area contributed by atoms with E-state index in [-0.39, 0.29) is 5.54 Å². The Morgan fingerprint density at radius 3 is 2.33 bits per heavy atom. The Balaban J connectivity index is 1.85. The summed E-state index contributed by atoms with van der Waals surface area (Å²) in [6, 6.07) is 0. The van der Waals surface area contributed by atoms with Crippen molar-refractivity contribution in [1.29, 1.82) is 0 Å². The maximum absolute atomic E-state index is 12.0. The molecule has 0 aromatic carbocycles. The monoisotopic (exact) mass is 273 g/mol. The van der Waals surface area contributed by atoms with Crippen LogP contribution in [0.4, 0.5) is 0 Å². The predicted molar refractivity (Wildman–Crippen MR) is 65.1 cm³/mol. The van der Waals surface area contributed by atoms with E-state index in [0.29, 0.717) is 11.8 Å². The van der Waals surface area contributed by atoms with Gasteiger partial charge in [-0.15, -0.1) is 0 Å². The lowest BCUT2D eigenvalue weighted by molar-refractivity contribution is -0.128. The second-order valence-electron chi connectivity index (χ2n) is 5.09. The molecule has 0 aliphatic heterocycles. The Bertz CT molecular complexity index is 226. The molecule has 3 heteroatoms. The van der Waals surface area contributed by atoms with Crippen LogP contribution in [-0.2, 0) is 4.79 Å². The predicted octanol–water partition coefficient (Wildman–Crippen LogP) is 3.00. The summed E-state index contributed by atoms with van der Waals surface area (Å²) in [4.78, 5) is 12.0. The second-order valence-corrected chi connectivity index (χ2v) is 5.65. The zero-order chi connectivity index (χ0) is 10.7. The summed E-state index contributed by atoms with van der Waals surface area (Å²) in [5.74, 6) is 0.615. The largest absolute Gasteiger partial charge is 0.350 e. The highest BCUT2D eigenvalue weighted by molar-refractivity contribution is 9.09. The van der Waals surface area contributed by atoms with Crippen molar-refractivity contribution in [3.05, 3.63) is 0 Å². The van der Waals surface area contributed by atoms with E-state index < -0.39 is 0 Å². The third-order valence-corrected chi connectivity index (χ3v) is 5.00. The molecular formula is C12H20BrNO. The second kappa shape index (κ2) is 4.86. The van der Waals surface area contributed by atoms with E-state index in [0.717, 1.165) is 31.0 Å². The lowest BCUT2D eigenvalue weighted by atomic mass is 9.77. The molecule has 1 amide bonds. The van der Waals surface area contributed by atoms with Crippen LogP contribution in [0.1, 0.15) is 51.4 Å². The minimum absolute atomic E-state index is 0.106. The molecule has 2 saturated carbocycles. The van der Waals surface area contributed by atoms with Crippen LogP contribution in [-0.4, -0.2) is 16.8 Å². The van der Waals surface area contributed by atoms with Gasteiger partial charge in [0.05, 0.1) is 0 Å². The number of hydrogen-bond acceptors (Lipinski definition) is 1. The van der Waals surface area contributed by atoms with Gasteiger partial charge < -0.3 is 5.32 Å². The van der Waals surface area contributed by atoms with Crippen LogP contribution in [0, 0.1) is 5.92 Å². The van der Waals surface area contributed by atoms with Crippen LogP contribution in [0.5, 0.6) is 0 Å². The van der Waals surface area contributed by atoms with Gasteiger partial charge in [-0.2, -0.15) is 0 Å². The zero-order valence-electron chi connectivity index (χ0n) is 9.23. The topological polar surface area (TPSA) is 29.1 Å². The van der Waals surface area contributed by atoms with Gasteiger partial charge in [0.2, 0.25) is 5.91 Å². The maximum Gasteiger partial charge on any atom is 0.223 e. The summed E-state index contributed by atoms with van der Waals surface area (Å²) in [5, 5.41) is 4.18. The van der Waals surface area contributed by atoms with Crippen molar-refractivity contribution in [2.75, 3.05) is 5.33 Å². The molecule has 0 heterocycles. The highest BCUT2D eigenvalue weighted by Gasteiger charge is 2.38. The number of carbonyl (C=O) groups is 1. The smallest absolute Gasteiger partial charge is 0.223 e. The summed E-state index contributed by atoms with van der Waals surface area (Å²) in [6.07, 6.45) is 9.55. The molecule has 2 nitrogen and oxygen atoms in total. The summed E-state index contributed by atoms with van der Waals surface area (Å²) >= 11 is 3.52. The van der Waals surface area contributed by atoms with E-state index >= 15 is 0 Å². The van der Waals surface area contributed by atoms with Crippen molar-refractivity contribution in [1.82, 2.24) is 5.32 Å². The highest BCUT2D eigenvalue weighted by Crippen LogP contribution is 2.34. The van der Waals surface area contributed by atoms with Gasteiger partial charge >= 0.3 is 0 Å². The number of alkyl halides is 1. The minimum atomic E-state index is 0.106. The van der Waals surface area contributed by atoms with Gasteiger partial charge in [-0.05, 0) is 32.1 Å². The Labute approximate surface area is 100 Å². The summed E-state index contributed by atoms with van der Waals surface area (Å²) in [6.45, 7) is 0. The van der Waals surface area contributed by atoms with Crippen molar-refractivity contribution in [3.63, 3.8) is 0 Å². The quantitative estimate of drug-likeness (QED) is 0.787. The fourth-order valence-electron chi connectivity index (χ4n) is 2.62. The Hall–Kier alpha value is -0.0500. The molecule has 0 aromatic heterocycles. The first-order chi connectivity index (χ1) is 7.26. The fourth-order valence-corrected chi connectivity index (χ4v) is 3.32. The summed E-state index contributed by atoms with van der Waals surface area (Å²) < 4.78 is 0. The molecule has 0 atom stereocenters. The number of amides is 1. The molecule has 86 valence electrons. The van der Waals surface area contributed by atoms with E-state index in [4.69, 9.17) is 0 Å². The molecule has 0 bridgehead atoms. The number of nitrogens with one attached hydrogen (secondary N) is 1. The number of rotatable bonds is 3. The lowest BCUT2D eigenvalue weighted by Gasteiger charge is -2.42. The van der Waals surface area contributed by atoms with E-state index in [9.17, 15) is 4.79 Å². The normalized spacial score (nSPS) is 25.7. The molecule has 2 rings (SSSR count). The van der Waals surface area contributed by atoms with Gasteiger partial charge in [0, 0.05) is 16.8 Å². The van der Waals surface area contributed by atoms with Crippen LogP contribution in [0.3, 0.4) is 0 Å². The number of halogens is 1. The molecule has 2 fully saturated rings. The number of hydrogen-bond donors (Lipinski definition) is 1. The number of carbonyl (C=O) groups excluding carboxylic acids is 1. The molecule has 0 spiro atoms. The van der Waals surface area contributed by atoms with Crippen molar-refractivity contribution in [3.8, 4) is 0 Å². The molecule has 0 radical (unpaired) electrons. The Morgan fingerprint density at radius 1 is 1.20 bits per heavy atom. The van der Waals surface area contributed by atoms with Crippen LogP contribution in [0.2, 0.25) is 0 Å². The molecule has 1 N–H and O–H groups in total. The van der Waals surface area contributed by atoms with Crippen LogP contribution in [0.25, 0.3) is 0 Å². The molecule has 0 unspecified atom stereocenters. The molecule has 0 aromatic rings. The van der Waals surface area contributed by atoms with Gasteiger partial charge in [0.15, 0.2) is 0 Å². The third-order valence-electron chi connectivity index (χ3n) is 3.93. The SMILES string of the molecule is O=C(NC1(CBr)CCC1)C1CCCCC1. The van der Waals surface area contributed by atoms with Crippen molar-refractivity contribution < 1.29 is 4.79 Å². The first-order valence-corrected chi connectivity index (χ1v) is 7.26. The van der Waals surface area contributed by atoms with Crippen LogP contribution < -0.4 is 5.32 Å². The first-order valence-electron chi connectivity index (χ1n) is 6.14. The van der Waals surface area contributed by atoms with Crippen molar-refractivity contribution in [2.24, 2.45) is 5.92 Å².